The highest BCUT2D eigenvalue weighted by Crippen LogP contribution is 2.52. The zero-order valence-electron chi connectivity index (χ0n) is 18.6. The number of nitrogens with one attached hydrogen (secondary N) is 1. The van der Waals surface area contributed by atoms with Crippen molar-refractivity contribution in [2.45, 2.75) is 19.3 Å². The van der Waals surface area contributed by atoms with E-state index < -0.39 is 0 Å². The van der Waals surface area contributed by atoms with E-state index in [4.69, 9.17) is 0 Å². The minimum atomic E-state index is -0.0419. The first-order chi connectivity index (χ1) is 16.1. The highest BCUT2D eigenvalue weighted by Gasteiger charge is 2.37. The second-order valence-corrected chi connectivity index (χ2v) is 10.5. The zero-order valence-corrected chi connectivity index (χ0v) is 19.5. The smallest absolute Gasteiger partial charge is 0.0590 e. The van der Waals surface area contributed by atoms with E-state index in [-0.39, 0.29) is 5.41 Å². The molecule has 0 atom stereocenters. The first-order valence-corrected chi connectivity index (χ1v) is 12.3. The van der Waals surface area contributed by atoms with Crippen LogP contribution in [0.5, 0.6) is 0 Å². The average Bonchev–Trinajstić information content (AvgIpc) is 3.34. The van der Waals surface area contributed by atoms with Crippen LogP contribution in [-0.2, 0) is 5.41 Å². The number of fused-ring (bicyclic) bond motifs is 8. The van der Waals surface area contributed by atoms with Gasteiger partial charge in [0, 0.05) is 26.6 Å². The Kier molecular flexibility index (Phi) is 3.83. The molecule has 0 amide bonds. The fourth-order valence-corrected chi connectivity index (χ4v) is 7.03. The molecular formula is C31H23NS. The molecule has 0 unspecified atom stereocenters. The van der Waals surface area contributed by atoms with Gasteiger partial charge in [0.25, 0.3) is 0 Å². The summed E-state index contributed by atoms with van der Waals surface area (Å²) in [5.41, 5.74) is 7.82. The third-order valence-corrected chi connectivity index (χ3v) is 8.53. The molecule has 158 valence electrons. The van der Waals surface area contributed by atoms with E-state index in [0.717, 1.165) is 0 Å². The Hall–Kier alpha value is -3.62. The Labute approximate surface area is 197 Å². The van der Waals surface area contributed by atoms with Gasteiger partial charge in [0.2, 0.25) is 0 Å². The van der Waals surface area contributed by atoms with Gasteiger partial charge in [-0.1, -0.05) is 98.8 Å². The predicted molar refractivity (Wildman–Crippen MR) is 144 cm³/mol. The topological polar surface area (TPSA) is 12.0 Å². The first kappa shape index (κ1) is 18.9. The summed E-state index contributed by atoms with van der Waals surface area (Å²) >= 11 is 1.90. The van der Waals surface area contributed by atoms with Crippen LogP contribution < -0.4 is 5.32 Å². The van der Waals surface area contributed by atoms with Crippen LogP contribution in [0.15, 0.2) is 97.1 Å². The molecule has 1 aliphatic carbocycles. The Bertz CT molecular complexity index is 1720. The molecule has 1 aromatic heterocycles. The van der Waals surface area contributed by atoms with Crippen LogP contribution in [0, 0.1) is 0 Å². The summed E-state index contributed by atoms with van der Waals surface area (Å²) in [4.78, 5) is 0. The summed E-state index contributed by atoms with van der Waals surface area (Å²) in [5, 5.41) is 9.14. The molecule has 0 aliphatic heterocycles. The van der Waals surface area contributed by atoms with Gasteiger partial charge in [0.15, 0.2) is 0 Å². The van der Waals surface area contributed by atoms with Gasteiger partial charge < -0.3 is 5.32 Å². The van der Waals surface area contributed by atoms with Gasteiger partial charge in [0.1, 0.15) is 0 Å². The Morgan fingerprint density at radius 3 is 2.21 bits per heavy atom. The Morgan fingerprint density at radius 2 is 1.27 bits per heavy atom. The van der Waals surface area contributed by atoms with E-state index in [0.29, 0.717) is 0 Å². The fraction of sp³-hybridized carbons (Fsp3) is 0.0968. The molecule has 33 heavy (non-hydrogen) atoms. The molecule has 0 spiro atoms. The normalized spacial score (nSPS) is 14.0. The summed E-state index contributed by atoms with van der Waals surface area (Å²) in [7, 11) is 0. The van der Waals surface area contributed by atoms with Crippen molar-refractivity contribution in [2.75, 3.05) is 5.32 Å². The average molecular weight is 442 g/mol. The molecule has 2 heteroatoms. The molecule has 0 radical (unpaired) electrons. The van der Waals surface area contributed by atoms with Crippen molar-refractivity contribution in [1.82, 2.24) is 0 Å². The maximum Gasteiger partial charge on any atom is 0.0590 e. The minimum absolute atomic E-state index is 0.0419. The van der Waals surface area contributed by atoms with Gasteiger partial charge in [-0.25, -0.2) is 0 Å². The van der Waals surface area contributed by atoms with Crippen LogP contribution in [0.2, 0.25) is 0 Å². The lowest BCUT2D eigenvalue weighted by Crippen LogP contribution is -2.16. The van der Waals surface area contributed by atoms with Crippen LogP contribution in [0.4, 0.5) is 11.4 Å². The van der Waals surface area contributed by atoms with Crippen LogP contribution in [0.25, 0.3) is 42.1 Å². The maximum absolute atomic E-state index is 3.86. The number of thiophene rings is 1. The van der Waals surface area contributed by atoms with Gasteiger partial charge >= 0.3 is 0 Å². The molecule has 5 aromatic carbocycles. The van der Waals surface area contributed by atoms with E-state index in [2.05, 4.69) is 116 Å². The molecule has 0 saturated carbocycles. The van der Waals surface area contributed by atoms with E-state index in [1.54, 1.807) is 0 Å². The number of benzene rings is 5. The largest absolute Gasteiger partial charge is 0.354 e. The van der Waals surface area contributed by atoms with Crippen LogP contribution >= 0.6 is 11.3 Å². The number of hydrogen-bond acceptors (Lipinski definition) is 2. The molecular weight excluding hydrogens is 418 g/mol. The zero-order chi connectivity index (χ0) is 22.2. The summed E-state index contributed by atoms with van der Waals surface area (Å²) in [6.07, 6.45) is 0. The number of anilines is 2. The highest BCUT2D eigenvalue weighted by molar-refractivity contribution is 7.27. The lowest BCUT2D eigenvalue weighted by molar-refractivity contribution is 0.662. The fourth-order valence-electron chi connectivity index (χ4n) is 5.72. The summed E-state index contributed by atoms with van der Waals surface area (Å²) < 4.78 is 2.68. The molecule has 0 fully saturated rings. The predicted octanol–water partition coefficient (Wildman–Crippen LogP) is 9.26. The quantitative estimate of drug-likeness (QED) is 0.282. The van der Waals surface area contributed by atoms with E-state index in [9.17, 15) is 0 Å². The number of hydrogen-bond donors (Lipinski definition) is 1. The standard InChI is InChI=1S/C31H23NS/c1-31(2)25-14-6-5-11-21(25)22-12-7-15-26(28(22)31)32-27-16-8-13-23-24-18-17-19-9-3-4-10-20(19)29(24)33-30(23)27/h3-18,32H,1-2H3. The third kappa shape index (κ3) is 2.59. The molecule has 1 heterocycles. The molecule has 1 aliphatic rings. The SMILES string of the molecule is CC1(C)c2ccccc2-c2cccc(Nc3cccc4c3sc3c5ccccc5ccc43)c21. The summed E-state index contributed by atoms with van der Waals surface area (Å²) in [6.45, 7) is 4.68. The van der Waals surface area contributed by atoms with Crippen molar-refractivity contribution < 1.29 is 0 Å². The summed E-state index contributed by atoms with van der Waals surface area (Å²) in [5.74, 6) is 0. The van der Waals surface area contributed by atoms with E-state index in [1.165, 1.54) is 64.6 Å². The van der Waals surface area contributed by atoms with Gasteiger partial charge in [0.05, 0.1) is 10.4 Å². The maximum atomic E-state index is 3.86. The minimum Gasteiger partial charge on any atom is -0.354 e. The van der Waals surface area contributed by atoms with E-state index in [1.807, 2.05) is 11.3 Å². The molecule has 7 rings (SSSR count). The lowest BCUT2D eigenvalue weighted by atomic mass is 9.81. The van der Waals surface area contributed by atoms with Gasteiger partial charge in [-0.2, -0.15) is 0 Å². The lowest BCUT2D eigenvalue weighted by Gasteiger charge is -2.25. The van der Waals surface area contributed by atoms with Crippen molar-refractivity contribution in [3.8, 4) is 11.1 Å². The molecule has 1 nitrogen and oxygen atoms in total. The third-order valence-electron chi connectivity index (χ3n) is 7.24. The highest BCUT2D eigenvalue weighted by atomic mass is 32.1. The van der Waals surface area contributed by atoms with Crippen LogP contribution in [-0.4, -0.2) is 0 Å². The van der Waals surface area contributed by atoms with Crippen LogP contribution in [0.3, 0.4) is 0 Å². The molecule has 0 bridgehead atoms. The Balaban J connectivity index is 1.44. The van der Waals surface area contributed by atoms with E-state index >= 15 is 0 Å². The monoisotopic (exact) mass is 441 g/mol. The van der Waals surface area contributed by atoms with Crippen molar-refractivity contribution >= 4 is 53.7 Å². The van der Waals surface area contributed by atoms with Crippen molar-refractivity contribution in [3.63, 3.8) is 0 Å². The summed E-state index contributed by atoms with van der Waals surface area (Å²) in [6, 6.07) is 35.4. The molecule has 6 aromatic rings. The van der Waals surface area contributed by atoms with Crippen molar-refractivity contribution in [3.05, 3.63) is 108 Å². The van der Waals surface area contributed by atoms with Gasteiger partial charge in [-0.05, 0) is 45.2 Å². The molecule has 0 saturated heterocycles. The number of rotatable bonds is 2. The van der Waals surface area contributed by atoms with Gasteiger partial charge in [-0.3, -0.25) is 0 Å². The Morgan fingerprint density at radius 1 is 0.576 bits per heavy atom. The van der Waals surface area contributed by atoms with Crippen molar-refractivity contribution in [1.29, 1.82) is 0 Å². The van der Waals surface area contributed by atoms with Crippen molar-refractivity contribution in [2.24, 2.45) is 0 Å². The second kappa shape index (κ2) is 6.69. The second-order valence-electron chi connectivity index (χ2n) is 9.47. The van der Waals surface area contributed by atoms with Gasteiger partial charge in [-0.15, -0.1) is 11.3 Å². The molecule has 1 N–H and O–H groups in total. The van der Waals surface area contributed by atoms with Crippen LogP contribution in [0.1, 0.15) is 25.0 Å². The first-order valence-electron chi connectivity index (χ1n) is 11.5.